The first-order valence-electron chi connectivity index (χ1n) is 8.50. The molecular weight excluding hydrogens is 326 g/mol. The van der Waals surface area contributed by atoms with Crippen molar-refractivity contribution in [3.05, 3.63) is 0 Å². The standard InChI is InChI=1S/C17H33NO5Si/c1-15(2,3)12-10-17(13(19)21-7,23-24(8)9)18(11-12)14(20)22-16(4,5)6/h12,24H,10-11H2,1-9H3/t12?,17-/m1/s1. The maximum atomic E-state index is 12.8. The lowest BCUT2D eigenvalue weighted by atomic mass is 9.79. The van der Waals surface area contributed by atoms with E-state index in [0.29, 0.717) is 13.0 Å². The minimum atomic E-state index is -1.63. The zero-order chi connectivity index (χ0) is 18.9. The SMILES string of the molecule is COC(=O)[C@]1(O[SiH](C)C)CC(C(C)(C)C)CN1C(=O)OC(C)(C)C. The van der Waals surface area contributed by atoms with Gasteiger partial charge >= 0.3 is 12.1 Å². The molecule has 6 nitrogen and oxygen atoms in total. The molecule has 2 atom stereocenters. The maximum Gasteiger partial charge on any atom is 0.413 e. The number of hydrogen-bond acceptors (Lipinski definition) is 5. The highest BCUT2D eigenvalue weighted by molar-refractivity contribution is 6.48. The fourth-order valence-electron chi connectivity index (χ4n) is 2.90. The van der Waals surface area contributed by atoms with Gasteiger partial charge in [0, 0.05) is 13.0 Å². The van der Waals surface area contributed by atoms with Crippen LogP contribution in [0.3, 0.4) is 0 Å². The van der Waals surface area contributed by atoms with Gasteiger partial charge in [-0.15, -0.1) is 0 Å². The van der Waals surface area contributed by atoms with Crippen LogP contribution in [0.25, 0.3) is 0 Å². The second-order valence-electron chi connectivity index (χ2n) is 8.80. The third kappa shape index (κ3) is 4.72. The molecule has 0 N–H and O–H groups in total. The lowest BCUT2D eigenvalue weighted by Crippen LogP contribution is -2.58. The van der Waals surface area contributed by atoms with E-state index in [1.807, 2.05) is 13.1 Å². The summed E-state index contributed by atoms with van der Waals surface area (Å²) in [5.74, 6) is -0.418. The summed E-state index contributed by atoms with van der Waals surface area (Å²) in [6, 6.07) is 0. The molecular formula is C17H33NO5Si. The summed E-state index contributed by atoms with van der Waals surface area (Å²) in [6.07, 6.45) is -0.109. The summed E-state index contributed by atoms with van der Waals surface area (Å²) in [7, 11) is -0.299. The Morgan fingerprint density at radius 1 is 1.12 bits per heavy atom. The Morgan fingerprint density at radius 2 is 1.67 bits per heavy atom. The highest BCUT2D eigenvalue weighted by atomic mass is 28.3. The molecule has 1 aliphatic heterocycles. The number of carbonyl (C=O) groups is 2. The molecule has 7 heteroatoms. The molecule has 1 heterocycles. The summed E-state index contributed by atoms with van der Waals surface area (Å²) in [5, 5.41) is 0. The minimum Gasteiger partial charge on any atom is -0.465 e. The molecule has 1 amide bonds. The van der Waals surface area contributed by atoms with Crippen molar-refractivity contribution in [3.63, 3.8) is 0 Å². The Labute approximate surface area is 147 Å². The van der Waals surface area contributed by atoms with Crippen molar-refractivity contribution in [2.45, 2.75) is 72.4 Å². The molecule has 1 rings (SSSR count). The second kappa shape index (κ2) is 7.04. The predicted molar refractivity (Wildman–Crippen MR) is 95.2 cm³/mol. The number of ether oxygens (including phenoxy) is 2. The fourth-order valence-corrected chi connectivity index (χ4v) is 4.00. The highest BCUT2D eigenvalue weighted by Gasteiger charge is 2.58. The molecule has 0 radical (unpaired) electrons. The Kier molecular flexibility index (Phi) is 6.14. The smallest absolute Gasteiger partial charge is 0.413 e. The number of carbonyl (C=O) groups excluding carboxylic acids is 2. The Balaban J connectivity index is 3.30. The molecule has 0 aliphatic carbocycles. The van der Waals surface area contributed by atoms with E-state index in [1.54, 1.807) is 20.8 Å². The van der Waals surface area contributed by atoms with E-state index in [-0.39, 0.29) is 11.3 Å². The van der Waals surface area contributed by atoms with Gasteiger partial charge in [0.25, 0.3) is 0 Å². The molecule has 0 spiro atoms. The summed E-state index contributed by atoms with van der Waals surface area (Å²) < 4.78 is 16.7. The van der Waals surface area contributed by atoms with Gasteiger partial charge in [0.2, 0.25) is 5.72 Å². The molecule has 24 heavy (non-hydrogen) atoms. The van der Waals surface area contributed by atoms with Crippen molar-refractivity contribution in [3.8, 4) is 0 Å². The summed E-state index contributed by atoms with van der Waals surface area (Å²) in [4.78, 5) is 26.9. The van der Waals surface area contributed by atoms with Crippen molar-refractivity contribution >= 4 is 21.1 Å². The zero-order valence-electron chi connectivity index (χ0n) is 16.6. The van der Waals surface area contributed by atoms with Crippen molar-refractivity contribution in [1.82, 2.24) is 4.90 Å². The molecule has 0 bridgehead atoms. The molecule has 1 saturated heterocycles. The van der Waals surface area contributed by atoms with Gasteiger partial charge in [-0.1, -0.05) is 20.8 Å². The van der Waals surface area contributed by atoms with Crippen LogP contribution in [0.15, 0.2) is 0 Å². The van der Waals surface area contributed by atoms with Gasteiger partial charge in [0.1, 0.15) is 5.60 Å². The number of nitrogens with zero attached hydrogens (tertiary/aromatic N) is 1. The van der Waals surface area contributed by atoms with Crippen LogP contribution in [0.2, 0.25) is 13.1 Å². The number of esters is 1. The molecule has 1 aliphatic rings. The van der Waals surface area contributed by atoms with Crippen LogP contribution in [0, 0.1) is 11.3 Å². The monoisotopic (exact) mass is 359 g/mol. The van der Waals surface area contributed by atoms with Gasteiger partial charge in [-0.25, -0.2) is 9.59 Å². The van der Waals surface area contributed by atoms with Gasteiger partial charge in [0.05, 0.1) is 7.11 Å². The van der Waals surface area contributed by atoms with Crippen molar-refractivity contribution in [2.24, 2.45) is 11.3 Å². The molecule has 0 aromatic rings. The Bertz CT molecular complexity index is 480. The average Bonchev–Trinajstić information content (AvgIpc) is 2.75. The molecule has 1 unspecified atom stereocenters. The van der Waals surface area contributed by atoms with Crippen LogP contribution in [0.4, 0.5) is 4.79 Å². The number of rotatable bonds is 3. The summed E-state index contributed by atoms with van der Waals surface area (Å²) >= 11 is 0. The zero-order valence-corrected chi connectivity index (χ0v) is 17.7. The summed E-state index contributed by atoms with van der Waals surface area (Å²) in [6.45, 7) is 16.1. The van der Waals surface area contributed by atoms with Crippen LogP contribution in [0.1, 0.15) is 48.0 Å². The fraction of sp³-hybridized carbons (Fsp3) is 0.882. The predicted octanol–water partition coefficient (Wildman–Crippen LogP) is 3.16. The van der Waals surface area contributed by atoms with E-state index in [4.69, 9.17) is 13.9 Å². The number of methoxy groups -OCH3 is 1. The van der Waals surface area contributed by atoms with Crippen molar-refractivity contribution in [2.75, 3.05) is 13.7 Å². The topological polar surface area (TPSA) is 65.1 Å². The van der Waals surface area contributed by atoms with E-state index in [9.17, 15) is 9.59 Å². The maximum absolute atomic E-state index is 12.8. The highest BCUT2D eigenvalue weighted by Crippen LogP contribution is 2.44. The van der Waals surface area contributed by atoms with Crippen LogP contribution < -0.4 is 0 Å². The van der Waals surface area contributed by atoms with Gasteiger partial charge < -0.3 is 13.9 Å². The number of amides is 1. The van der Waals surface area contributed by atoms with E-state index in [0.717, 1.165) is 0 Å². The van der Waals surface area contributed by atoms with Gasteiger partial charge in [-0.05, 0) is 45.2 Å². The lowest BCUT2D eigenvalue weighted by molar-refractivity contribution is -0.173. The summed E-state index contributed by atoms with van der Waals surface area (Å²) in [5.41, 5.74) is -2.10. The molecule has 0 aromatic heterocycles. The second-order valence-corrected chi connectivity index (χ2v) is 11.1. The van der Waals surface area contributed by atoms with E-state index in [1.165, 1.54) is 12.0 Å². The normalized spacial score (nSPS) is 25.1. The van der Waals surface area contributed by atoms with E-state index in [2.05, 4.69) is 20.8 Å². The lowest BCUT2D eigenvalue weighted by Gasteiger charge is -2.37. The van der Waals surface area contributed by atoms with Crippen LogP contribution >= 0.6 is 0 Å². The molecule has 0 aromatic carbocycles. The van der Waals surface area contributed by atoms with Gasteiger partial charge in [-0.2, -0.15) is 0 Å². The van der Waals surface area contributed by atoms with Crippen molar-refractivity contribution < 1.29 is 23.5 Å². The van der Waals surface area contributed by atoms with Crippen LogP contribution in [-0.2, 0) is 18.7 Å². The first kappa shape index (κ1) is 21.0. The largest absolute Gasteiger partial charge is 0.465 e. The number of likely N-dealkylation sites (tertiary alicyclic amines) is 1. The molecule has 140 valence electrons. The van der Waals surface area contributed by atoms with E-state index < -0.39 is 32.4 Å². The number of hydrogen-bond donors (Lipinski definition) is 0. The first-order chi connectivity index (χ1) is 10.7. The van der Waals surface area contributed by atoms with Crippen molar-refractivity contribution in [1.29, 1.82) is 0 Å². The van der Waals surface area contributed by atoms with Gasteiger partial charge in [-0.3, -0.25) is 4.90 Å². The third-order valence-corrected chi connectivity index (χ3v) is 5.00. The third-order valence-electron chi connectivity index (χ3n) is 4.14. The minimum absolute atomic E-state index is 0.0715. The Hall–Kier alpha value is -1.08. The molecule has 1 fully saturated rings. The van der Waals surface area contributed by atoms with Crippen LogP contribution in [0.5, 0.6) is 0 Å². The van der Waals surface area contributed by atoms with Crippen LogP contribution in [-0.4, -0.2) is 51.0 Å². The Morgan fingerprint density at radius 3 is 2.04 bits per heavy atom. The first-order valence-corrected chi connectivity index (χ1v) is 11.3. The quantitative estimate of drug-likeness (QED) is 0.572. The van der Waals surface area contributed by atoms with Gasteiger partial charge in [0.15, 0.2) is 9.04 Å². The molecule has 0 saturated carbocycles. The average molecular weight is 360 g/mol. The van der Waals surface area contributed by atoms with E-state index >= 15 is 0 Å².